The minimum Gasteiger partial charge on any atom is -0.387 e. The minimum absolute atomic E-state index is 0.511. The number of halogens is 1. The zero-order valence-electron chi connectivity index (χ0n) is 15.9. The molecular formula is C22H18BrN7. The fourth-order valence-electron chi connectivity index (χ4n) is 3.24. The molecule has 148 valence electrons. The number of hydrogen-bond donors (Lipinski definition) is 4. The summed E-state index contributed by atoms with van der Waals surface area (Å²) in [6.07, 6.45) is 7.51. The van der Waals surface area contributed by atoms with Gasteiger partial charge in [-0.3, -0.25) is 5.10 Å². The second-order valence-electron chi connectivity index (χ2n) is 6.82. The smallest absolute Gasteiger partial charge is 0.229 e. The van der Waals surface area contributed by atoms with E-state index in [1.165, 1.54) is 11.1 Å². The maximum absolute atomic E-state index is 4.62. The molecule has 2 aromatic carbocycles. The first kappa shape index (κ1) is 18.4. The first-order chi connectivity index (χ1) is 14.7. The van der Waals surface area contributed by atoms with Gasteiger partial charge in [-0.05, 0) is 75.2 Å². The van der Waals surface area contributed by atoms with Gasteiger partial charge in [0.25, 0.3) is 0 Å². The molecule has 0 atom stereocenters. The van der Waals surface area contributed by atoms with Gasteiger partial charge in [0.15, 0.2) is 0 Å². The largest absolute Gasteiger partial charge is 0.387 e. The van der Waals surface area contributed by atoms with E-state index in [4.69, 9.17) is 0 Å². The number of aromatic nitrogens is 4. The summed E-state index contributed by atoms with van der Waals surface area (Å²) in [5.41, 5.74) is 6.37. The quantitative estimate of drug-likeness (QED) is 0.328. The number of aromatic amines is 1. The lowest BCUT2D eigenvalue weighted by molar-refractivity contribution is 0.859. The molecule has 7 nitrogen and oxygen atoms in total. The average molecular weight is 460 g/mol. The highest BCUT2D eigenvalue weighted by Gasteiger charge is 2.09. The summed E-state index contributed by atoms with van der Waals surface area (Å²) < 4.78 is 0.789. The molecule has 2 aromatic heterocycles. The predicted molar refractivity (Wildman–Crippen MR) is 123 cm³/mol. The Labute approximate surface area is 181 Å². The Morgan fingerprint density at radius 1 is 0.967 bits per heavy atom. The Morgan fingerprint density at radius 3 is 2.67 bits per heavy atom. The monoisotopic (exact) mass is 459 g/mol. The number of fused-ring (bicyclic) bond motifs is 1. The molecule has 4 aromatic rings. The standard InChI is InChI=1S/C22H18BrN7/c23-19-13-25-22(28-17-4-1-14(2-5-17)20-8-10-26-30-20)29-21(19)27-18-6-3-16-12-24-9-7-15(16)11-18/h1-11,13,24H,12H2,(H,26,30)(H2,25,27,28,29). The Hall–Kier alpha value is -3.65. The van der Waals surface area contributed by atoms with E-state index in [-0.39, 0.29) is 0 Å². The molecule has 4 N–H and O–H groups in total. The van der Waals surface area contributed by atoms with E-state index in [1.54, 1.807) is 12.4 Å². The van der Waals surface area contributed by atoms with Gasteiger partial charge in [-0.1, -0.05) is 18.2 Å². The maximum atomic E-state index is 4.62. The molecule has 0 amide bonds. The van der Waals surface area contributed by atoms with Gasteiger partial charge in [0, 0.05) is 30.3 Å². The van der Waals surface area contributed by atoms with Crippen molar-refractivity contribution >= 4 is 45.1 Å². The highest BCUT2D eigenvalue weighted by molar-refractivity contribution is 9.10. The van der Waals surface area contributed by atoms with Crippen LogP contribution in [0, 0.1) is 0 Å². The third kappa shape index (κ3) is 3.90. The van der Waals surface area contributed by atoms with Gasteiger partial charge in [-0.25, -0.2) is 4.98 Å². The fraction of sp³-hybridized carbons (Fsp3) is 0.0455. The molecule has 0 spiro atoms. The van der Waals surface area contributed by atoms with Crippen molar-refractivity contribution in [3.63, 3.8) is 0 Å². The van der Waals surface area contributed by atoms with Crippen LogP contribution in [0.4, 0.5) is 23.1 Å². The van der Waals surface area contributed by atoms with Crippen LogP contribution in [0.2, 0.25) is 0 Å². The van der Waals surface area contributed by atoms with Gasteiger partial charge >= 0.3 is 0 Å². The van der Waals surface area contributed by atoms with Crippen molar-refractivity contribution in [3.8, 4) is 11.3 Å². The average Bonchev–Trinajstić information content (AvgIpc) is 3.31. The van der Waals surface area contributed by atoms with E-state index in [0.717, 1.165) is 33.6 Å². The van der Waals surface area contributed by atoms with Crippen LogP contribution in [-0.2, 0) is 6.54 Å². The van der Waals surface area contributed by atoms with E-state index in [1.807, 2.05) is 36.5 Å². The lowest BCUT2D eigenvalue weighted by Crippen LogP contribution is -2.10. The van der Waals surface area contributed by atoms with Crippen LogP contribution in [0.1, 0.15) is 11.1 Å². The second kappa shape index (κ2) is 8.00. The SMILES string of the molecule is Brc1cnc(Nc2ccc(-c3ccn[nH]3)cc2)nc1Nc1ccc2c(c1)C=CNC2. The zero-order chi connectivity index (χ0) is 20.3. The molecule has 0 fully saturated rings. The summed E-state index contributed by atoms with van der Waals surface area (Å²) in [5, 5.41) is 16.8. The Balaban J connectivity index is 1.34. The molecule has 8 heteroatoms. The molecule has 0 bridgehead atoms. The molecule has 0 unspecified atom stereocenters. The van der Waals surface area contributed by atoms with Crippen molar-refractivity contribution in [3.05, 3.63) is 82.7 Å². The summed E-state index contributed by atoms with van der Waals surface area (Å²) in [4.78, 5) is 8.99. The second-order valence-corrected chi connectivity index (χ2v) is 7.67. The highest BCUT2D eigenvalue weighted by atomic mass is 79.9. The lowest BCUT2D eigenvalue weighted by Gasteiger charge is -2.15. The van der Waals surface area contributed by atoms with E-state index >= 15 is 0 Å². The number of nitrogens with one attached hydrogen (secondary N) is 4. The van der Waals surface area contributed by atoms with Gasteiger partial charge in [-0.2, -0.15) is 10.1 Å². The summed E-state index contributed by atoms with van der Waals surface area (Å²) >= 11 is 3.53. The lowest BCUT2D eigenvalue weighted by atomic mass is 10.0. The summed E-state index contributed by atoms with van der Waals surface area (Å²) in [6.45, 7) is 0.844. The van der Waals surface area contributed by atoms with Crippen LogP contribution >= 0.6 is 15.9 Å². The Kier molecular flexibility index (Phi) is 4.90. The van der Waals surface area contributed by atoms with Gasteiger partial charge in [0.05, 0.1) is 10.2 Å². The first-order valence-electron chi connectivity index (χ1n) is 9.44. The van der Waals surface area contributed by atoms with E-state index in [9.17, 15) is 0 Å². The van der Waals surface area contributed by atoms with Gasteiger partial charge in [0.1, 0.15) is 5.82 Å². The zero-order valence-corrected chi connectivity index (χ0v) is 17.4. The van der Waals surface area contributed by atoms with Gasteiger partial charge < -0.3 is 16.0 Å². The third-order valence-electron chi connectivity index (χ3n) is 4.78. The number of rotatable bonds is 5. The van der Waals surface area contributed by atoms with Crippen LogP contribution in [0.15, 0.2) is 71.6 Å². The van der Waals surface area contributed by atoms with Crippen molar-refractivity contribution in [2.24, 2.45) is 0 Å². The van der Waals surface area contributed by atoms with E-state index < -0.39 is 0 Å². The third-order valence-corrected chi connectivity index (χ3v) is 5.36. The van der Waals surface area contributed by atoms with Crippen LogP contribution in [0.3, 0.4) is 0 Å². The molecule has 0 saturated carbocycles. The summed E-state index contributed by atoms with van der Waals surface area (Å²) in [6, 6.07) is 16.2. The molecule has 0 saturated heterocycles. The molecule has 0 aliphatic carbocycles. The Bertz CT molecular complexity index is 1200. The number of H-pyrrole nitrogens is 1. The number of hydrogen-bond acceptors (Lipinski definition) is 6. The normalized spacial score (nSPS) is 12.2. The van der Waals surface area contributed by atoms with E-state index in [2.05, 4.69) is 76.3 Å². The van der Waals surface area contributed by atoms with Crippen LogP contribution in [0.25, 0.3) is 17.3 Å². The molecule has 5 rings (SSSR count). The first-order valence-corrected chi connectivity index (χ1v) is 10.2. The molecule has 1 aliphatic rings. The highest BCUT2D eigenvalue weighted by Crippen LogP contribution is 2.28. The van der Waals surface area contributed by atoms with Crippen molar-refractivity contribution in [2.75, 3.05) is 10.6 Å². The number of nitrogens with zero attached hydrogens (tertiary/aromatic N) is 3. The molecule has 30 heavy (non-hydrogen) atoms. The predicted octanol–water partition coefficient (Wildman–Crippen LogP) is 5.19. The van der Waals surface area contributed by atoms with Crippen LogP contribution in [-0.4, -0.2) is 20.2 Å². The minimum atomic E-state index is 0.511. The van der Waals surface area contributed by atoms with Crippen LogP contribution < -0.4 is 16.0 Å². The van der Waals surface area contributed by atoms with Crippen molar-refractivity contribution in [2.45, 2.75) is 6.54 Å². The molecule has 3 heterocycles. The van der Waals surface area contributed by atoms with Crippen molar-refractivity contribution in [1.29, 1.82) is 0 Å². The van der Waals surface area contributed by atoms with E-state index in [0.29, 0.717) is 11.8 Å². The maximum Gasteiger partial charge on any atom is 0.229 e. The summed E-state index contributed by atoms with van der Waals surface area (Å²) in [7, 11) is 0. The van der Waals surface area contributed by atoms with Crippen molar-refractivity contribution < 1.29 is 0 Å². The summed E-state index contributed by atoms with van der Waals surface area (Å²) in [5.74, 6) is 1.21. The fourth-order valence-corrected chi connectivity index (χ4v) is 3.53. The van der Waals surface area contributed by atoms with Crippen LogP contribution in [0.5, 0.6) is 0 Å². The molecule has 1 aliphatic heterocycles. The molecular weight excluding hydrogens is 442 g/mol. The Morgan fingerprint density at radius 2 is 1.83 bits per heavy atom. The van der Waals surface area contributed by atoms with Gasteiger partial charge in [-0.15, -0.1) is 0 Å². The topological polar surface area (TPSA) is 90.6 Å². The number of benzene rings is 2. The van der Waals surface area contributed by atoms with Gasteiger partial charge in [0.2, 0.25) is 5.95 Å². The van der Waals surface area contributed by atoms with Crippen molar-refractivity contribution in [1.82, 2.24) is 25.5 Å². The number of anilines is 4. The molecule has 0 radical (unpaired) electrons.